The Morgan fingerprint density at radius 3 is 2.20 bits per heavy atom. The Morgan fingerprint density at radius 2 is 1.60 bits per heavy atom. The van der Waals surface area contributed by atoms with Crippen LogP contribution in [-0.4, -0.2) is 154 Å². The van der Waals surface area contributed by atoms with E-state index < -0.39 is 128 Å². The molecule has 13 atom stereocenters. The molecule has 2 saturated heterocycles. The van der Waals surface area contributed by atoms with Crippen molar-refractivity contribution in [2.45, 2.75) is 74.4 Å². The van der Waals surface area contributed by atoms with Gasteiger partial charge in [0.15, 0.2) is 6.29 Å². The smallest absolute Gasteiger partial charge is 0.397 e. The van der Waals surface area contributed by atoms with E-state index in [-0.39, 0.29) is 0 Å². The van der Waals surface area contributed by atoms with Gasteiger partial charge in [0.25, 0.3) is 0 Å². The van der Waals surface area contributed by atoms with Crippen molar-refractivity contribution in [3.8, 4) is 0 Å². The largest absolute Gasteiger partial charge is 0.475 e. The van der Waals surface area contributed by atoms with E-state index in [4.69, 9.17) is 33.3 Å². The number of carbonyl (C=O) groups is 1. The highest BCUT2D eigenvalue weighted by Crippen LogP contribution is 2.33. The third-order valence-electron chi connectivity index (χ3n) is 6.84. The fourth-order valence-corrected chi connectivity index (χ4v) is 5.13. The second-order valence-electron chi connectivity index (χ2n) is 9.59. The van der Waals surface area contributed by atoms with E-state index in [1.807, 2.05) is 0 Å². The van der Waals surface area contributed by atoms with Gasteiger partial charge in [0, 0.05) is 11.8 Å². The van der Waals surface area contributed by atoms with Crippen LogP contribution in [0, 0.1) is 11.8 Å². The molecule has 3 rings (SSSR count). The minimum absolute atomic E-state index is 0.392. The van der Waals surface area contributed by atoms with Gasteiger partial charge in [-0.1, -0.05) is 0 Å². The molecule has 0 spiro atoms. The molecule has 0 bridgehead atoms. The van der Waals surface area contributed by atoms with Crippen LogP contribution in [0.15, 0.2) is 11.8 Å². The van der Waals surface area contributed by atoms with Gasteiger partial charge in [0.2, 0.25) is 12.0 Å². The van der Waals surface area contributed by atoms with Crippen molar-refractivity contribution in [1.29, 1.82) is 0 Å². The van der Waals surface area contributed by atoms with Crippen LogP contribution in [0.5, 0.6) is 0 Å². The van der Waals surface area contributed by atoms with Gasteiger partial charge in [0.1, 0.15) is 42.7 Å². The Kier molecular flexibility index (Phi) is 11.2. The zero-order chi connectivity index (χ0) is 29.9. The van der Waals surface area contributed by atoms with E-state index in [0.717, 1.165) is 6.08 Å². The zero-order valence-electron chi connectivity index (χ0n) is 21.0. The first-order chi connectivity index (χ1) is 18.6. The highest BCUT2D eigenvalue weighted by molar-refractivity contribution is 7.80. The first-order valence-corrected chi connectivity index (χ1v) is 13.5. The molecule has 18 nitrogen and oxygen atoms in total. The van der Waals surface area contributed by atoms with Crippen LogP contribution in [0.4, 0.5) is 0 Å². The second kappa shape index (κ2) is 13.6. The molecule has 9 N–H and O–H groups in total. The SMILES string of the molecule is CC1O[C@@H](COCC2[C@H](O)C(CO)O[C@@H](O)[C@@H]2CO[C@@H]2OC(C(=O)O)=CC(O)[C@@H]2O)[C@H](O)C(OS(=O)(=O)O)[C@@H]1O. The lowest BCUT2D eigenvalue weighted by molar-refractivity contribution is -0.286. The number of hydrogen-bond donors (Lipinski definition) is 9. The van der Waals surface area contributed by atoms with Crippen molar-refractivity contribution in [2.24, 2.45) is 11.8 Å². The van der Waals surface area contributed by atoms with Gasteiger partial charge in [-0.3, -0.25) is 4.55 Å². The van der Waals surface area contributed by atoms with Crippen molar-refractivity contribution >= 4 is 16.4 Å². The summed E-state index contributed by atoms with van der Waals surface area (Å²) in [7, 11) is -5.04. The predicted octanol–water partition coefficient (Wildman–Crippen LogP) is -4.93. The fraction of sp³-hybridized carbons (Fsp3) is 0.857. The normalized spacial score (nSPS) is 42.6. The summed E-state index contributed by atoms with van der Waals surface area (Å²) in [6.07, 6.45) is -16.1. The van der Waals surface area contributed by atoms with Crippen LogP contribution in [0.25, 0.3) is 0 Å². The summed E-state index contributed by atoms with van der Waals surface area (Å²) in [5.74, 6) is -4.40. The number of aliphatic hydroxyl groups is 7. The minimum atomic E-state index is -5.04. The van der Waals surface area contributed by atoms with Gasteiger partial charge in [-0.25, -0.2) is 8.98 Å². The van der Waals surface area contributed by atoms with Crippen LogP contribution in [0.2, 0.25) is 0 Å². The second-order valence-corrected chi connectivity index (χ2v) is 10.6. The van der Waals surface area contributed by atoms with E-state index in [0.29, 0.717) is 0 Å². The number of ether oxygens (including phenoxy) is 5. The number of aliphatic carboxylic acids is 1. The van der Waals surface area contributed by atoms with Crippen LogP contribution in [0.3, 0.4) is 0 Å². The average Bonchev–Trinajstić information content (AvgIpc) is 2.87. The maximum atomic E-state index is 11.2. The first kappa shape index (κ1) is 32.9. The van der Waals surface area contributed by atoms with Gasteiger partial charge in [-0.2, -0.15) is 8.42 Å². The first-order valence-electron chi connectivity index (χ1n) is 12.1. The maximum absolute atomic E-state index is 11.2. The van der Waals surface area contributed by atoms with Crippen molar-refractivity contribution in [3.63, 3.8) is 0 Å². The van der Waals surface area contributed by atoms with Gasteiger partial charge in [0.05, 0.1) is 38.6 Å². The summed E-state index contributed by atoms with van der Waals surface area (Å²) in [6, 6.07) is 0. The third kappa shape index (κ3) is 7.83. The molecule has 0 radical (unpaired) electrons. The Bertz CT molecular complexity index is 990. The van der Waals surface area contributed by atoms with E-state index in [1.54, 1.807) is 0 Å². The highest BCUT2D eigenvalue weighted by atomic mass is 32.3. The molecule has 3 aliphatic heterocycles. The minimum Gasteiger partial charge on any atom is -0.475 e. The Balaban J connectivity index is 1.67. The monoisotopic (exact) mass is 606 g/mol. The van der Waals surface area contributed by atoms with E-state index in [9.17, 15) is 49.0 Å². The van der Waals surface area contributed by atoms with Gasteiger partial charge >= 0.3 is 16.4 Å². The summed E-state index contributed by atoms with van der Waals surface area (Å²) in [5.41, 5.74) is 0. The molecular formula is C21H34O18S. The van der Waals surface area contributed by atoms with Gasteiger partial charge in [-0.05, 0) is 13.0 Å². The van der Waals surface area contributed by atoms with E-state index in [2.05, 4.69) is 4.18 Å². The Labute approximate surface area is 227 Å². The molecular weight excluding hydrogens is 572 g/mol. The summed E-state index contributed by atoms with van der Waals surface area (Å²) in [6.45, 7) is -0.714. The van der Waals surface area contributed by atoms with Crippen LogP contribution < -0.4 is 0 Å². The van der Waals surface area contributed by atoms with Crippen molar-refractivity contribution in [1.82, 2.24) is 0 Å². The van der Waals surface area contributed by atoms with Crippen LogP contribution in [-0.2, 0) is 43.1 Å². The average molecular weight is 607 g/mol. The molecule has 0 amide bonds. The van der Waals surface area contributed by atoms with Gasteiger partial charge < -0.3 is 64.5 Å². The topological polar surface area (TPSA) is 289 Å². The predicted molar refractivity (Wildman–Crippen MR) is 123 cm³/mol. The quantitative estimate of drug-likeness (QED) is 0.0995. The maximum Gasteiger partial charge on any atom is 0.397 e. The summed E-state index contributed by atoms with van der Waals surface area (Å²) in [4.78, 5) is 11.2. The molecule has 0 aliphatic carbocycles. The van der Waals surface area contributed by atoms with Crippen molar-refractivity contribution in [2.75, 3.05) is 26.4 Å². The zero-order valence-corrected chi connectivity index (χ0v) is 21.8. The van der Waals surface area contributed by atoms with Crippen LogP contribution >= 0.6 is 0 Å². The van der Waals surface area contributed by atoms with E-state index in [1.165, 1.54) is 6.92 Å². The fourth-order valence-electron chi connectivity index (χ4n) is 4.62. The molecule has 0 aromatic heterocycles. The molecule has 3 heterocycles. The van der Waals surface area contributed by atoms with Crippen molar-refractivity contribution < 1.29 is 86.5 Å². The molecule has 3 aliphatic rings. The Morgan fingerprint density at radius 1 is 0.925 bits per heavy atom. The van der Waals surface area contributed by atoms with E-state index >= 15 is 0 Å². The molecule has 2 fully saturated rings. The number of hydrogen-bond acceptors (Lipinski definition) is 16. The van der Waals surface area contributed by atoms with Gasteiger partial charge in [-0.15, -0.1) is 0 Å². The lowest BCUT2D eigenvalue weighted by atomic mass is 9.83. The molecule has 0 aromatic carbocycles. The van der Waals surface area contributed by atoms with Crippen molar-refractivity contribution in [3.05, 3.63) is 11.8 Å². The molecule has 40 heavy (non-hydrogen) atoms. The summed E-state index contributed by atoms with van der Waals surface area (Å²) < 4.78 is 62.2. The summed E-state index contributed by atoms with van der Waals surface area (Å²) in [5, 5.41) is 80.4. The van der Waals surface area contributed by atoms with Crippen LogP contribution in [0.1, 0.15) is 6.92 Å². The lowest BCUT2D eigenvalue weighted by Gasteiger charge is -2.44. The lowest BCUT2D eigenvalue weighted by Crippen LogP contribution is -2.59. The number of aliphatic hydroxyl groups excluding tert-OH is 7. The summed E-state index contributed by atoms with van der Waals surface area (Å²) >= 11 is 0. The standard InChI is InChI=1S/C21H34O18S/c1-7-14(24)18(39-40(31,32)33)17(27)13(36-7)6-34-4-8-9(20(30)37-12(3-22)15(8)25)5-35-21-16(26)10(23)2-11(38-21)19(28)29/h2,7-10,12-18,20-27,30H,3-6H2,1H3,(H,28,29)(H,31,32,33)/t7?,8?,9-,10?,12?,13+,14-,15+,16+,17+,18?,20-,21-/m1/s1. The molecule has 19 heteroatoms. The molecule has 232 valence electrons. The number of carboxylic acid groups (broad SMARTS) is 1. The number of rotatable bonds is 11. The molecule has 0 saturated carbocycles. The molecule has 0 aromatic rings. The third-order valence-corrected chi connectivity index (χ3v) is 7.30. The molecule has 5 unspecified atom stereocenters. The number of carboxylic acids is 1. The Hall–Kier alpha value is -1.56. The highest BCUT2D eigenvalue weighted by Gasteiger charge is 2.48.